The fourth-order valence-electron chi connectivity index (χ4n) is 10.9. The second-order valence-corrected chi connectivity index (χ2v) is 23.0. The van der Waals surface area contributed by atoms with E-state index >= 15 is 19.2 Å². The first-order chi connectivity index (χ1) is 43.4. The largest absolute Gasteiger partial charge is 0.508 e. The zero-order valence-electron chi connectivity index (χ0n) is 47.9. The number of nitrogens with one attached hydrogen (secondary N) is 7. The highest BCUT2D eigenvalue weighted by Gasteiger charge is 2.41. The van der Waals surface area contributed by atoms with Gasteiger partial charge in [-0.1, -0.05) is 47.5 Å². The maximum absolute atomic E-state index is 15.8. The van der Waals surface area contributed by atoms with E-state index < -0.39 is 136 Å². The molecule has 91 heavy (non-hydrogen) atoms. The molecule has 0 unspecified atom stereocenters. The molecule has 7 aromatic rings. The van der Waals surface area contributed by atoms with Gasteiger partial charge in [-0.05, 0) is 145 Å². The number of rotatable bonds is 5. The Balaban J connectivity index is 1.12. The van der Waals surface area contributed by atoms with Gasteiger partial charge in [0.15, 0.2) is 23.0 Å². The Kier molecular flexibility index (Phi) is 17.2. The van der Waals surface area contributed by atoms with Gasteiger partial charge in [-0.15, -0.1) is 0 Å². The lowest BCUT2D eigenvalue weighted by Crippen LogP contribution is -2.56. The van der Waals surface area contributed by atoms with Crippen molar-refractivity contribution in [3.63, 3.8) is 0 Å². The summed E-state index contributed by atoms with van der Waals surface area (Å²) in [7, 11) is 3.63. The van der Waals surface area contributed by atoms with Gasteiger partial charge < -0.3 is 97.8 Å². The quantitative estimate of drug-likeness (QED) is 0.101. The predicted molar refractivity (Wildman–Crippen MR) is 323 cm³/mol. The Morgan fingerprint density at radius 1 is 0.560 bits per heavy atom. The van der Waals surface area contributed by atoms with E-state index in [9.17, 15) is 50.1 Å². The van der Waals surface area contributed by atoms with Crippen molar-refractivity contribution in [3.05, 3.63) is 164 Å². The van der Waals surface area contributed by atoms with Gasteiger partial charge in [0.1, 0.15) is 88.6 Å². The summed E-state index contributed by atoms with van der Waals surface area (Å²) < 4.78 is 18.5. The summed E-state index contributed by atoms with van der Waals surface area (Å²) in [6.45, 7) is 0.579. The van der Waals surface area contributed by atoms with Crippen LogP contribution in [0, 0.1) is 0 Å². The molecule has 8 atom stereocenters. The van der Waals surface area contributed by atoms with E-state index in [0.717, 1.165) is 48.5 Å². The lowest BCUT2D eigenvalue weighted by atomic mass is 9.89. The number of ether oxygens (including phenoxy) is 3. The third kappa shape index (κ3) is 12.9. The average molecular weight is 1280 g/mol. The van der Waals surface area contributed by atoms with E-state index in [0.29, 0.717) is 18.5 Å². The number of benzene rings is 7. The van der Waals surface area contributed by atoms with Gasteiger partial charge in [0.2, 0.25) is 47.1 Å². The van der Waals surface area contributed by atoms with Crippen molar-refractivity contribution in [2.24, 2.45) is 5.73 Å². The predicted octanol–water partition coefficient (Wildman–Crippen LogP) is 4.97. The summed E-state index contributed by atoms with van der Waals surface area (Å²) in [5.41, 5.74) is 5.05. The van der Waals surface area contributed by atoms with Crippen LogP contribution in [0.3, 0.4) is 0 Å². The molecule has 28 heteroatoms. The van der Waals surface area contributed by atoms with Crippen LogP contribution in [0.25, 0.3) is 11.1 Å². The second kappa shape index (κ2) is 25.2. The summed E-state index contributed by atoms with van der Waals surface area (Å²) in [5, 5.41) is 99.0. The zero-order valence-corrected chi connectivity index (χ0v) is 49.4. The number of hydrogen-bond acceptors (Lipinski definition) is 19. The molecular formula is C63H57Cl2N9O17. The number of nitrogens with two attached hydrogens (primary N) is 1. The number of aliphatic hydroxyl groups excluding tert-OH is 1. The summed E-state index contributed by atoms with van der Waals surface area (Å²) in [6.07, 6.45) is -1.99. The highest BCUT2D eigenvalue weighted by Crippen LogP contribution is 2.48. The van der Waals surface area contributed by atoms with Crippen molar-refractivity contribution in [2.45, 2.75) is 61.2 Å². The Bertz CT molecular complexity index is 4170. The van der Waals surface area contributed by atoms with Crippen molar-refractivity contribution in [1.29, 1.82) is 0 Å². The molecular weight excluding hydrogens is 1230 g/mol. The minimum atomic E-state index is -2.15. The van der Waals surface area contributed by atoms with E-state index in [4.69, 9.17) is 43.1 Å². The Morgan fingerprint density at radius 2 is 1.15 bits per heavy atom. The maximum atomic E-state index is 15.8. The maximum Gasteiger partial charge on any atom is 0.248 e. The molecule has 6 aliphatic heterocycles. The van der Waals surface area contributed by atoms with Crippen molar-refractivity contribution in [1.82, 2.24) is 42.1 Å². The second-order valence-electron chi connectivity index (χ2n) is 22.2. The molecule has 0 saturated heterocycles. The van der Waals surface area contributed by atoms with Crippen LogP contribution in [0.15, 0.2) is 115 Å². The number of nitrogens with zero attached hydrogens (tertiary/aromatic N) is 1. The van der Waals surface area contributed by atoms with Gasteiger partial charge >= 0.3 is 0 Å². The van der Waals surface area contributed by atoms with E-state index in [1.807, 2.05) is 19.0 Å². The molecule has 7 aromatic carbocycles. The number of aromatic hydroxyl groups is 6. The van der Waals surface area contributed by atoms with Gasteiger partial charge in [0.05, 0.1) is 10.0 Å². The summed E-state index contributed by atoms with van der Waals surface area (Å²) in [6, 6.07) is 9.41. The fraction of sp³-hybridized carbons (Fsp3) is 0.222. The number of amides is 7. The number of phenolic OH excluding ortho intramolecular Hbond substituents is 6. The van der Waals surface area contributed by atoms with E-state index in [2.05, 4.69) is 37.2 Å². The minimum Gasteiger partial charge on any atom is -0.508 e. The van der Waals surface area contributed by atoms with Crippen molar-refractivity contribution in [3.8, 4) is 80.1 Å². The lowest BCUT2D eigenvalue weighted by Gasteiger charge is -2.31. The molecule has 0 aliphatic carbocycles. The average Bonchev–Trinajstić information content (AvgIpc) is 0.789. The SMILES string of the molecule is CN(C)CCCNC(=O)[C@H]1NC(=O)[C@H]2NC(=O)[C@H](NC(=O)[C@@H]3NC(=O)[C@H]4NC(=O)[C@@H](Cc5ccc(c(Cl)c5)Oc5cc3cc(c5O)Oc3ccc(cc3Cl)[C@H]2O)NC(=O)[C@H](N)c2ccc(O)c(c2)Oc2cc(O)cc4c2)c2ccc(O)c(c2)-c2c(O)cc(O)cc21. The van der Waals surface area contributed by atoms with E-state index in [1.165, 1.54) is 66.7 Å². The molecule has 16 N–H and O–H groups in total. The molecule has 0 spiro atoms. The molecule has 0 saturated carbocycles. The number of aliphatic hydroxyl groups is 1. The monoisotopic (exact) mass is 1280 g/mol. The molecule has 0 fully saturated rings. The summed E-state index contributed by atoms with van der Waals surface area (Å²) >= 11 is 13.8. The van der Waals surface area contributed by atoms with E-state index in [1.54, 1.807) is 0 Å². The van der Waals surface area contributed by atoms with Crippen molar-refractivity contribution < 1.29 is 83.5 Å². The van der Waals surface area contributed by atoms with Crippen LogP contribution < -0.4 is 57.2 Å². The molecule has 13 rings (SSSR count). The number of carbonyl (C=O) groups is 7. The molecule has 6 heterocycles. The number of hydrogen-bond donors (Lipinski definition) is 15. The van der Waals surface area contributed by atoms with Gasteiger partial charge in [-0.3, -0.25) is 33.6 Å². The highest BCUT2D eigenvalue weighted by atomic mass is 35.5. The van der Waals surface area contributed by atoms with Crippen molar-refractivity contribution >= 4 is 64.6 Å². The normalized spacial score (nSPS) is 21.4. The molecule has 7 amide bonds. The molecule has 0 aromatic heterocycles. The summed E-state index contributed by atoms with van der Waals surface area (Å²) in [4.78, 5) is 107. The minimum absolute atomic E-state index is 0.0544. The molecule has 17 bridgehead atoms. The highest BCUT2D eigenvalue weighted by molar-refractivity contribution is 6.32. The van der Waals surface area contributed by atoms with Gasteiger partial charge in [0, 0.05) is 36.2 Å². The molecule has 26 nitrogen and oxygen atoms in total. The Labute approximate surface area is 526 Å². The van der Waals surface area contributed by atoms with Crippen LogP contribution in [-0.4, -0.2) is 121 Å². The Morgan fingerprint density at radius 3 is 1.84 bits per heavy atom. The fourth-order valence-corrected chi connectivity index (χ4v) is 11.4. The van der Waals surface area contributed by atoms with Crippen LogP contribution in [0.2, 0.25) is 10.0 Å². The third-order valence-electron chi connectivity index (χ3n) is 15.5. The first kappa shape index (κ1) is 62.1. The van der Waals surface area contributed by atoms with E-state index in [-0.39, 0.29) is 90.5 Å². The topological polar surface area (TPSA) is 402 Å². The number of fused-ring (bicyclic) bond motifs is 14. The molecule has 6 aliphatic rings. The zero-order chi connectivity index (χ0) is 64.9. The van der Waals surface area contributed by atoms with Crippen LogP contribution in [0.1, 0.15) is 81.7 Å². The van der Waals surface area contributed by atoms with Crippen LogP contribution in [0.5, 0.6) is 69.0 Å². The van der Waals surface area contributed by atoms with Crippen LogP contribution >= 0.6 is 23.2 Å². The first-order valence-electron chi connectivity index (χ1n) is 28.1. The smallest absolute Gasteiger partial charge is 0.248 e. The van der Waals surface area contributed by atoms with Crippen LogP contribution in [-0.2, 0) is 40.0 Å². The van der Waals surface area contributed by atoms with Gasteiger partial charge in [-0.2, -0.15) is 0 Å². The first-order valence-corrected chi connectivity index (χ1v) is 28.9. The molecule has 0 radical (unpaired) electrons. The van der Waals surface area contributed by atoms with Gasteiger partial charge in [0.25, 0.3) is 0 Å². The lowest BCUT2D eigenvalue weighted by molar-refractivity contribution is -0.137. The third-order valence-corrected chi connectivity index (χ3v) is 16.1. The number of halogens is 2. The number of carbonyl (C=O) groups excluding carboxylic acids is 7. The number of phenols is 6. The van der Waals surface area contributed by atoms with Gasteiger partial charge in [-0.25, -0.2) is 0 Å². The summed E-state index contributed by atoms with van der Waals surface area (Å²) in [5.74, 6) is -13.4. The Hall–Kier alpha value is -10.5. The van der Waals surface area contributed by atoms with Crippen LogP contribution in [0.4, 0.5) is 0 Å². The van der Waals surface area contributed by atoms with Crippen molar-refractivity contribution in [2.75, 3.05) is 27.2 Å². The standard InChI is InChI=1S/C63H57Cl2N9O17/c1-74(2)13-3-12-67-59(84)53-36-24-33(76)25-42(79)48(36)35-18-28(6-8-40(35)77)50-60(85)73-54(63(88)72-53)55(80)29-7-11-44(38(65)19-29)91-47-22-31-21-46(56(47)81)90-43-10-4-26(14-37(43)64)15-39-57(82)69-51(61(86)71-52(31)62(87)70-50)30-16-32(75)23-34(17-30)89-45-20-27(5-9-41(45)78)49(66)58(83)68-39/h4-11,14,16-25,39,49-55,75-81H,3,12-13,15,66H2,1-2H3,(H,67,84)(H,68,83)(H,69,82)(H,70,87)(H,71,86)(H,72,88)(H,73,85)/t39-,49-,50-,51+,52-,53+,54+,55-/m1/s1. The molecule has 470 valence electrons.